The molecule has 2 aromatic rings. The molecule has 2 rings (SSSR count). The topological polar surface area (TPSA) is 64.9 Å². The molecule has 1 aromatic carbocycles. The van der Waals surface area contributed by atoms with E-state index in [0.717, 1.165) is 11.3 Å². The van der Waals surface area contributed by atoms with Crippen molar-refractivity contribution >= 4 is 23.4 Å². The van der Waals surface area contributed by atoms with Crippen LogP contribution >= 0.6 is 23.4 Å². The Hall–Kier alpha value is -1.04. The number of hydrogen-bond donors (Lipinski definition) is 1. The lowest BCUT2D eigenvalue weighted by Gasteiger charge is -2.05. The summed E-state index contributed by atoms with van der Waals surface area (Å²) in [5.41, 5.74) is 6.43. The van der Waals surface area contributed by atoms with Gasteiger partial charge in [0.05, 0.1) is 5.75 Å². The van der Waals surface area contributed by atoms with Gasteiger partial charge >= 0.3 is 0 Å². The molecular weight excluding hydrogens is 282 g/mol. The van der Waals surface area contributed by atoms with Crippen LogP contribution in [0.3, 0.4) is 0 Å². The summed E-state index contributed by atoms with van der Waals surface area (Å²) < 4.78 is 5.22. The Labute approximate surface area is 121 Å². The number of hydrogen-bond acceptors (Lipinski definition) is 5. The first-order chi connectivity index (χ1) is 9.19. The van der Waals surface area contributed by atoms with Crippen molar-refractivity contribution in [2.24, 2.45) is 11.7 Å². The normalized spacial score (nSPS) is 12.6. The predicted molar refractivity (Wildman–Crippen MR) is 79.1 cm³/mol. The summed E-state index contributed by atoms with van der Waals surface area (Å²) in [6.07, 6.45) is 0. The van der Waals surface area contributed by atoms with Crippen LogP contribution in [0.2, 0.25) is 5.02 Å². The van der Waals surface area contributed by atoms with E-state index in [0.29, 0.717) is 35.0 Å². The van der Waals surface area contributed by atoms with Crippen molar-refractivity contribution in [3.8, 4) is 11.4 Å². The van der Waals surface area contributed by atoms with E-state index in [1.54, 1.807) is 11.8 Å². The Bertz CT molecular complexity index is 532. The first kappa shape index (κ1) is 14.4. The van der Waals surface area contributed by atoms with Crippen LogP contribution in [0.1, 0.15) is 12.8 Å². The summed E-state index contributed by atoms with van der Waals surface area (Å²) in [6.45, 7) is 2.82. The SMILES string of the molecule is CC(CN)CSCc1nc(-c2cccc(Cl)c2)no1. The van der Waals surface area contributed by atoms with E-state index in [1.165, 1.54) is 0 Å². The molecule has 0 aliphatic carbocycles. The highest BCUT2D eigenvalue weighted by Crippen LogP contribution is 2.21. The van der Waals surface area contributed by atoms with Crippen LogP contribution in [-0.4, -0.2) is 22.4 Å². The monoisotopic (exact) mass is 297 g/mol. The predicted octanol–water partition coefficient (Wildman–Crippen LogP) is 3.22. The highest BCUT2D eigenvalue weighted by Gasteiger charge is 2.09. The van der Waals surface area contributed by atoms with E-state index in [-0.39, 0.29) is 0 Å². The number of nitrogens with zero attached hydrogens (tertiary/aromatic N) is 2. The van der Waals surface area contributed by atoms with Gasteiger partial charge in [0.2, 0.25) is 11.7 Å². The van der Waals surface area contributed by atoms with Gasteiger partial charge in [-0.05, 0) is 30.3 Å². The smallest absolute Gasteiger partial charge is 0.236 e. The highest BCUT2D eigenvalue weighted by molar-refractivity contribution is 7.98. The van der Waals surface area contributed by atoms with E-state index < -0.39 is 0 Å². The summed E-state index contributed by atoms with van der Waals surface area (Å²) in [4.78, 5) is 4.36. The maximum atomic E-state index is 5.93. The maximum Gasteiger partial charge on any atom is 0.236 e. The quantitative estimate of drug-likeness (QED) is 0.887. The molecule has 0 amide bonds. The number of aromatic nitrogens is 2. The average Bonchev–Trinajstić information content (AvgIpc) is 2.87. The Morgan fingerprint density at radius 1 is 1.47 bits per heavy atom. The Balaban J connectivity index is 1.95. The Kier molecular flexibility index (Phi) is 5.24. The van der Waals surface area contributed by atoms with Crippen LogP contribution in [0, 0.1) is 5.92 Å². The molecule has 0 spiro atoms. The second-order valence-electron chi connectivity index (χ2n) is 4.38. The molecule has 19 heavy (non-hydrogen) atoms. The van der Waals surface area contributed by atoms with Crippen LogP contribution < -0.4 is 5.73 Å². The second-order valence-corrected chi connectivity index (χ2v) is 5.84. The summed E-state index contributed by atoms with van der Waals surface area (Å²) in [5.74, 6) is 3.40. The molecule has 102 valence electrons. The van der Waals surface area contributed by atoms with Crippen molar-refractivity contribution in [1.82, 2.24) is 10.1 Å². The van der Waals surface area contributed by atoms with Gasteiger partial charge in [0.15, 0.2) is 0 Å². The van der Waals surface area contributed by atoms with Crippen molar-refractivity contribution in [3.05, 3.63) is 35.2 Å². The minimum atomic E-state index is 0.500. The Morgan fingerprint density at radius 3 is 3.05 bits per heavy atom. The lowest BCUT2D eigenvalue weighted by atomic mass is 10.2. The van der Waals surface area contributed by atoms with E-state index >= 15 is 0 Å². The summed E-state index contributed by atoms with van der Waals surface area (Å²) in [7, 11) is 0. The third-order valence-electron chi connectivity index (χ3n) is 2.58. The van der Waals surface area contributed by atoms with Gasteiger partial charge in [0.25, 0.3) is 0 Å². The molecule has 0 saturated heterocycles. The fourth-order valence-corrected chi connectivity index (χ4v) is 2.61. The van der Waals surface area contributed by atoms with Gasteiger partial charge in [-0.1, -0.05) is 35.8 Å². The number of thioether (sulfide) groups is 1. The van der Waals surface area contributed by atoms with E-state index in [1.807, 2.05) is 24.3 Å². The van der Waals surface area contributed by atoms with Crippen LogP contribution in [-0.2, 0) is 5.75 Å². The molecule has 1 unspecified atom stereocenters. The zero-order valence-electron chi connectivity index (χ0n) is 10.7. The largest absolute Gasteiger partial charge is 0.338 e. The fourth-order valence-electron chi connectivity index (χ4n) is 1.47. The van der Waals surface area contributed by atoms with Crippen LogP contribution in [0.25, 0.3) is 11.4 Å². The number of benzene rings is 1. The molecule has 4 nitrogen and oxygen atoms in total. The molecule has 0 saturated carbocycles. The molecule has 0 radical (unpaired) electrons. The Morgan fingerprint density at radius 2 is 2.32 bits per heavy atom. The van der Waals surface area contributed by atoms with Gasteiger partial charge in [0, 0.05) is 10.6 Å². The molecule has 0 bridgehead atoms. The number of halogens is 1. The zero-order chi connectivity index (χ0) is 13.7. The molecule has 6 heteroatoms. The van der Waals surface area contributed by atoms with Gasteiger partial charge in [-0.25, -0.2) is 0 Å². The first-order valence-electron chi connectivity index (χ1n) is 6.05. The molecule has 0 aliphatic rings. The second kappa shape index (κ2) is 6.93. The van der Waals surface area contributed by atoms with E-state index in [9.17, 15) is 0 Å². The van der Waals surface area contributed by atoms with Crippen LogP contribution in [0.5, 0.6) is 0 Å². The molecule has 1 heterocycles. The number of rotatable bonds is 6. The molecule has 2 N–H and O–H groups in total. The van der Waals surface area contributed by atoms with Crippen LogP contribution in [0.4, 0.5) is 0 Å². The lowest BCUT2D eigenvalue weighted by Crippen LogP contribution is -2.12. The average molecular weight is 298 g/mol. The standard InChI is InChI=1S/C13H16ClN3OS/c1-9(6-15)7-19-8-12-16-13(17-18-12)10-3-2-4-11(14)5-10/h2-5,9H,6-8,15H2,1H3. The van der Waals surface area contributed by atoms with Gasteiger partial charge < -0.3 is 10.3 Å². The van der Waals surface area contributed by atoms with Crippen molar-refractivity contribution in [1.29, 1.82) is 0 Å². The summed E-state index contributed by atoms with van der Waals surface area (Å²) in [5, 5.41) is 4.62. The molecule has 0 fully saturated rings. The third kappa shape index (κ3) is 4.23. The third-order valence-corrected chi connectivity index (χ3v) is 4.07. The first-order valence-corrected chi connectivity index (χ1v) is 7.58. The fraction of sp³-hybridized carbons (Fsp3) is 0.385. The maximum absolute atomic E-state index is 5.93. The minimum absolute atomic E-state index is 0.500. The lowest BCUT2D eigenvalue weighted by molar-refractivity contribution is 0.391. The van der Waals surface area contributed by atoms with Gasteiger partial charge in [-0.15, -0.1) is 0 Å². The molecule has 1 atom stereocenters. The molecule has 1 aromatic heterocycles. The van der Waals surface area contributed by atoms with Gasteiger partial charge in [-0.3, -0.25) is 0 Å². The van der Waals surface area contributed by atoms with Crippen molar-refractivity contribution in [2.45, 2.75) is 12.7 Å². The summed E-state index contributed by atoms with van der Waals surface area (Å²) >= 11 is 7.68. The highest BCUT2D eigenvalue weighted by atomic mass is 35.5. The van der Waals surface area contributed by atoms with Gasteiger partial charge in [-0.2, -0.15) is 16.7 Å². The zero-order valence-corrected chi connectivity index (χ0v) is 12.2. The van der Waals surface area contributed by atoms with Gasteiger partial charge in [0.1, 0.15) is 0 Å². The van der Waals surface area contributed by atoms with Crippen molar-refractivity contribution in [2.75, 3.05) is 12.3 Å². The summed E-state index contributed by atoms with van der Waals surface area (Å²) in [6, 6.07) is 7.41. The number of nitrogens with two attached hydrogens (primary N) is 1. The van der Waals surface area contributed by atoms with Crippen molar-refractivity contribution < 1.29 is 4.52 Å². The van der Waals surface area contributed by atoms with Crippen molar-refractivity contribution in [3.63, 3.8) is 0 Å². The van der Waals surface area contributed by atoms with E-state index in [4.69, 9.17) is 21.9 Å². The van der Waals surface area contributed by atoms with Crippen LogP contribution in [0.15, 0.2) is 28.8 Å². The molecule has 0 aliphatic heterocycles. The minimum Gasteiger partial charge on any atom is -0.338 e. The van der Waals surface area contributed by atoms with E-state index in [2.05, 4.69) is 17.1 Å². The molecular formula is C13H16ClN3OS.